The van der Waals surface area contributed by atoms with Crippen LogP contribution in [0.25, 0.3) is 0 Å². The van der Waals surface area contributed by atoms with Crippen molar-refractivity contribution in [1.82, 2.24) is 0 Å². The maximum absolute atomic E-state index is 11.4. The van der Waals surface area contributed by atoms with Crippen LogP contribution >= 0.6 is 0 Å². The molecule has 0 saturated carbocycles. The van der Waals surface area contributed by atoms with Gasteiger partial charge in [0.05, 0.1) is 13.2 Å². The Kier molecular flexibility index (Phi) is 18.0. The summed E-state index contributed by atoms with van der Waals surface area (Å²) in [6.45, 7) is 1.33. The number of allylic oxidation sites excluding steroid dienone is 10. The molecule has 0 aromatic heterocycles. The second-order valence-electron chi connectivity index (χ2n) is 5.77. The van der Waals surface area contributed by atoms with Gasteiger partial charge in [0, 0.05) is 6.42 Å². The Bertz CT molecular complexity index is 469. The zero-order valence-corrected chi connectivity index (χ0v) is 15.9. The molecular formula is C22H34O4. The summed E-state index contributed by atoms with van der Waals surface area (Å²) in [7, 11) is 0. The number of ether oxygens (including phenoxy) is 1. The highest BCUT2D eigenvalue weighted by molar-refractivity contribution is 5.69. The molecule has 4 nitrogen and oxygen atoms in total. The van der Waals surface area contributed by atoms with Crippen molar-refractivity contribution in [1.29, 1.82) is 0 Å². The fraction of sp³-hybridized carbons (Fsp3) is 0.500. The SMILES string of the molecule is C/C=C/C/C=C/C/C=C/C/C=C/C/C=C/CCCC(=O)OC(CO)CO. The van der Waals surface area contributed by atoms with Gasteiger partial charge in [-0.05, 0) is 45.4 Å². The van der Waals surface area contributed by atoms with Crippen LogP contribution in [0.5, 0.6) is 0 Å². The van der Waals surface area contributed by atoms with Crippen molar-refractivity contribution in [3.8, 4) is 0 Å². The lowest BCUT2D eigenvalue weighted by Gasteiger charge is -2.11. The summed E-state index contributed by atoms with van der Waals surface area (Å²) in [5.41, 5.74) is 0. The van der Waals surface area contributed by atoms with Crippen molar-refractivity contribution in [2.45, 2.75) is 58.0 Å². The minimum atomic E-state index is -0.800. The number of aliphatic hydroxyl groups is 2. The number of unbranched alkanes of at least 4 members (excludes halogenated alkanes) is 1. The Hall–Kier alpha value is -1.91. The van der Waals surface area contributed by atoms with Crippen LogP contribution in [-0.4, -0.2) is 35.5 Å². The van der Waals surface area contributed by atoms with Crippen molar-refractivity contribution in [2.75, 3.05) is 13.2 Å². The molecule has 4 heteroatoms. The molecule has 0 heterocycles. The number of rotatable bonds is 15. The Morgan fingerprint density at radius 2 is 1.27 bits per heavy atom. The monoisotopic (exact) mass is 362 g/mol. The third-order valence-corrected chi connectivity index (χ3v) is 3.45. The largest absolute Gasteiger partial charge is 0.457 e. The molecule has 0 amide bonds. The van der Waals surface area contributed by atoms with Gasteiger partial charge in [0.1, 0.15) is 6.10 Å². The topological polar surface area (TPSA) is 66.8 Å². The number of carbonyl (C=O) groups is 1. The van der Waals surface area contributed by atoms with Gasteiger partial charge >= 0.3 is 5.97 Å². The predicted octanol–water partition coefficient (Wildman–Crippen LogP) is 4.41. The maximum atomic E-state index is 11.4. The van der Waals surface area contributed by atoms with E-state index in [0.717, 1.165) is 32.1 Å². The van der Waals surface area contributed by atoms with Crippen molar-refractivity contribution < 1.29 is 19.7 Å². The van der Waals surface area contributed by atoms with Gasteiger partial charge in [-0.3, -0.25) is 4.79 Å². The molecule has 0 rings (SSSR count). The number of carbonyl (C=O) groups excluding carboxylic acids is 1. The fourth-order valence-corrected chi connectivity index (χ4v) is 1.98. The average Bonchev–Trinajstić information content (AvgIpc) is 2.65. The average molecular weight is 363 g/mol. The van der Waals surface area contributed by atoms with Gasteiger partial charge in [-0.2, -0.15) is 0 Å². The van der Waals surface area contributed by atoms with Crippen LogP contribution in [0.15, 0.2) is 60.8 Å². The van der Waals surface area contributed by atoms with Gasteiger partial charge in [-0.1, -0.05) is 60.8 Å². The highest BCUT2D eigenvalue weighted by Crippen LogP contribution is 2.02. The molecule has 0 spiro atoms. The molecule has 0 bridgehead atoms. The highest BCUT2D eigenvalue weighted by Gasteiger charge is 2.11. The second-order valence-corrected chi connectivity index (χ2v) is 5.77. The number of aliphatic hydroxyl groups excluding tert-OH is 2. The summed E-state index contributed by atoms with van der Waals surface area (Å²) in [6, 6.07) is 0. The molecule has 26 heavy (non-hydrogen) atoms. The quantitative estimate of drug-likeness (QED) is 0.257. The molecule has 0 aromatic rings. The third kappa shape index (κ3) is 16.9. The molecule has 0 saturated heterocycles. The van der Waals surface area contributed by atoms with E-state index in [-0.39, 0.29) is 19.2 Å². The zero-order valence-electron chi connectivity index (χ0n) is 15.9. The van der Waals surface area contributed by atoms with Gasteiger partial charge < -0.3 is 14.9 Å². The Morgan fingerprint density at radius 3 is 1.73 bits per heavy atom. The first-order valence-electron chi connectivity index (χ1n) is 9.36. The van der Waals surface area contributed by atoms with Crippen LogP contribution in [-0.2, 0) is 9.53 Å². The molecule has 2 N–H and O–H groups in total. The summed E-state index contributed by atoms with van der Waals surface area (Å²) in [5, 5.41) is 17.6. The van der Waals surface area contributed by atoms with Gasteiger partial charge in [0.2, 0.25) is 0 Å². The zero-order chi connectivity index (χ0) is 19.3. The predicted molar refractivity (Wildman–Crippen MR) is 108 cm³/mol. The van der Waals surface area contributed by atoms with Gasteiger partial charge in [0.15, 0.2) is 0 Å². The summed E-state index contributed by atoms with van der Waals surface area (Å²) in [4.78, 5) is 11.4. The first-order valence-corrected chi connectivity index (χ1v) is 9.36. The summed E-state index contributed by atoms with van der Waals surface area (Å²) < 4.78 is 4.89. The highest BCUT2D eigenvalue weighted by atomic mass is 16.6. The minimum Gasteiger partial charge on any atom is -0.457 e. The van der Waals surface area contributed by atoms with Crippen LogP contribution in [0.2, 0.25) is 0 Å². The Morgan fingerprint density at radius 1 is 0.808 bits per heavy atom. The van der Waals surface area contributed by atoms with E-state index in [1.54, 1.807) is 0 Å². The molecule has 0 aliphatic heterocycles. The minimum absolute atomic E-state index is 0.296. The van der Waals surface area contributed by atoms with Gasteiger partial charge in [-0.15, -0.1) is 0 Å². The summed E-state index contributed by atoms with van der Waals surface area (Å²) >= 11 is 0. The lowest BCUT2D eigenvalue weighted by molar-refractivity contribution is -0.153. The van der Waals surface area contributed by atoms with Crippen LogP contribution in [0.1, 0.15) is 51.9 Å². The number of hydrogen-bond acceptors (Lipinski definition) is 4. The normalized spacial score (nSPS) is 12.8. The van der Waals surface area contributed by atoms with Crippen molar-refractivity contribution in [3.63, 3.8) is 0 Å². The molecule has 0 atom stereocenters. The van der Waals surface area contributed by atoms with Crippen LogP contribution in [0, 0.1) is 0 Å². The Balaban J connectivity index is 3.58. The second kappa shape index (κ2) is 19.4. The summed E-state index contributed by atoms with van der Waals surface area (Å²) in [5.74, 6) is -0.380. The van der Waals surface area contributed by atoms with Crippen LogP contribution < -0.4 is 0 Å². The number of esters is 1. The molecule has 0 aliphatic carbocycles. The van der Waals surface area contributed by atoms with Crippen LogP contribution in [0.3, 0.4) is 0 Å². The first-order chi connectivity index (χ1) is 12.7. The fourth-order valence-electron chi connectivity index (χ4n) is 1.98. The van der Waals surface area contributed by atoms with E-state index in [2.05, 4.69) is 60.8 Å². The van der Waals surface area contributed by atoms with Crippen molar-refractivity contribution >= 4 is 5.97 Å². The van der Waals surface area contributed by atoms with E-state index in [0.29, 0.717) is 12.8 Å². The molecule has 0 fully saturated rings. The van der Waals surface area contributed by atoms with E-state index in [1.165, 1.54) is 0 Å². The number of hydrogen-bond donors (Lipinski definition) is 2. The van der Waals surface area contributed by atoms with Crippen molar-refractivity contribution in [3.05, 3.63) is 60.8 Å². The lowest BCUT2D eigenvalue weighted by Crippen LogP contribution is -2.25. The molecule has 0 aliphatic rings. The van der Waals surface area contributed by atoms with E-state index in [1.807, 2.05) is 6.92 Å². The third-order valence-electron chi connectivity index (χ3n) is 3.45. The van der Waals surface area contributed by atoms with Gasteiger partial charge in [-0.25, -0.2) is 0 Å². The molecule has 0 radical (unpaired) electrons. The Labute approximate surface area is 158 Å². The van der Waals surface area contributed by atoms with Gasteiger partial charge in [0.25, 0.3) is 0 Å². The standard InChI is InChI=1S/C22H34O4/c1-2-3-4-5-6-7-8-9-10-11-12-13-14-15-16-17-18-22(25)26-21(19-23)20-24/h2-3,5-6,8-9,11-12,14-15,21,23-24H,4,7,10,13,16-20H2,1H3/b3-2+,6-5+,9-8+,12-11+,15-14+. The van der Waals surface area contributed by atoms with E-state index in [9.17, 15) is 4.79 Å². The molecular weight excluding hydrogens is 328 g/mol. The maximum Gasteiger partial charge on any atom is 0.306 e. The molecule has 0 unspecified atom stereocenters. The van der Waals surface area contributed by atoms with E-state index < -0.39 is 6.10 Å². The smallest absolute Gasteiger partial charge is 0.306 e. The lowest BCUT2D eigenvalue weighted by atomic mass is 10.2. The van der Waals surface area contributed by atoms with E-state index >= 15 is 0 Å². The molecule has 146 valence electrons. The van der Waals surface area contributed by atoms with Crippen molar-refractivity contribution in [2.24, 2.45) is 0 Å². The molecule has 0 aromatic carbocycles. The first kappa shape index (κ1) is 24.1. The van der Waals surface area contributed by atoms with Crippen LogP contribution in [0.4, 0.5) is 0 Å². The van der Waals surface area contributed by atoms with E-state index in [4.69, 9.17) is 14.9 Å². The summed E-state index contributed by atoms with van der Waals surface area (Å²) in [6.07, 6.45) is 26.1.